The fourth-order valence-electron chi connectivity index (χ4n) is 7.92. The standard InChI is InChI=1S/C40H45F6N3O4/c1-23-14-28(41)15-25-8-5-3-2-4-6-10-34(49-20-26(9-7-13-48-21-29(42)22-48)32(18-35(49)50)40(44,45)46)39(53)47-33(19-36(51)52)31-17-27(37(23)25)16-30(38(31)43)24-11-12-24/h14-18,20,24,29,33-34H,2-13,19,21-22H2,1H3,(H,47,53)(H,51,52)/t33-,34-/m0/s1. The van der Waals surface area contributed by atoms with E-state index in [1.54, 1.807) is 17.9 Å². The number of carbonyl (C=O) groups excluding carboxylic acids is 1. The molecule has 0 spiro atoms. The molecule has 1 saturated heterocycles. The van der Waals surface area contributed by atoms with Crippen molar-refractivity contribution in [3.05, 3.63) is 91.9 Å². The van der Waals surface area contributed by atoms with Crippen LogP contribution in [0.2, 0.25) is 0 Å². The zero-order valence-electron chi connectivity index (χ0n) is 29.7. The first kappa shape index (κ1) is 38.6. The SMILES string of the molecule is Cc1cc(F)cc2c1-c1cc(C3CC3)c(F)c(c1)[C@H](CC(=O)O)NC(=O)[C@@H](n1cc(CCCN3CC(F)C3)c(C(F)(F)F)cc1=O)CCCCCCC2. The number of amides is 1. The van der Waals surface area contributed by atoms with E-state index in [-0.39, 0.29) is 49.4 Å². The van der Waals surface area contributed by atoms with Gasteiger partial charge >= 0.3 is 12.1 Å². The predicted molar refractivity (Wildman–Crippen MR) is 187 cm³/mol. The molecular weight excluding hydrogens is 700 g/mol. The topological polar surface area (TPSA) is 91.6 Å². The smallest absolute Gasteiger partial charge is 0.416 e. The van der Waals surface area contributed by atoms with Crippen LogP contribution < -0.4 is 10.9 Å². The first-order valence-corrected chi connectivity index (χ1v) is 18.5. The number of aromatic nitrogens is 1. The van der Waals surface area contributed by atoms with Crippen molar-refractivity contribution in [2.75, 3.05) is 19.6 Å². The van der Waals surface area contributed by atoms with Gasteiger partial charge < -0.3 is 15.0 Å². The average Bonchev–Trinajstić information content (AvgIpc) is 3.90. The van der Waals surface area contributed by atoms with Crippen molar-refractivity contribution in [2.45, 2.75) is 114 Å². The average molecular weight is 746 g/mol. The van der Waals surface area contributed by atoms with Crippen LogP contribution in [0.3, 0.4) is 0 Å². The Morgan fingerprint density at radius 2 is 1.64 bits per heavy atom. The number of halogens is 6. The van der Waals surface area contributed by atoms with Gasteiger partial charge in [-0.3, -0.25) is 19.3 Å². The van der Waals surface area contributed by atoms with E-state index in [1.807, 2.05) is 0 Å². The van der Waals surface area contributed by atoms with E-state index < -0.39 is 65.5 Å². The van der Waals surface area contributed by atoms with Crippen molar-refractivity contribution in [3.63, 3.8) is 0 Å². The molecule has 1 aromatic heterocycles. The highest BCUT2D eigenvalue weighted by Crippen LogP contribution is 2.45. The number of aryl methyl sites for hydroxylation is 3. The normalized spacial score (nSPS) is 20.8. The molecule has 1 amide bonds. The zero-order chi connectivity index (χ0) is 38.0. The van der Waals surface area contributed by atoms with Crippen LogP contribution in [0.4, 0.5) is 26.3 Å². The van der Waals surface area contributed by atoms with Gasteiger partial charge in [0.1, 0.15) is 23.8 Å². The van der Waals surface area contributed by atoms with Crippen molar-refractivity contribution in [1.82, 2.24) is 14.8 Å². The molecule has 13 heteroatoms. The van der Waals surface area contributed by atoms with E-state index in [1.165, 1.54) is 18.2 Å². The molecule has 2 N–H and O–H groups in total. The third-order valence-corrected chi connectivity index (χ3v) is 10.8. The number of carboxylic acids is 1. The summed E-state index contributed by atoms with van der Waals surface area (Å²) in [5.41, 5.74) is 0.656. The maximum Gasteiger partial charge on any atom is 0.416 e. The van der Waals surface area contributed by atoms with Crippen LogP contribution in [0.5, 0.6) is 0 Å². The Kier molecular flexibility index (Phi) is 11.7. The summed E-state index contributed by atoms with van der Waals surface area (Å²) in [5.74, 6) is -3.30. The number of nitrogens with one attached hydrogen (secondary N) is 1. The van der Waals surface area contributed by atoms with Crippen LogP contribution in [0.1, 0.15) is 116 Å². The minimum atomic E-state index is -4.84. The van der Waals surface area contributed by atoms with Crippen LogP contribution in [0, 0.1) is 18.6 Å². The second-order valence-electron chi connectivity index (χ2n) is 14.9. The fourth-order valence-corrected chi connectivity index (χ4v) is 7.92. The van der Waals surface area contributed by atoms with Gasteiger partial charge in [0.05, 0.1) is 18.0 Å². The van der Waals surface area contributed by atoms with E-state index in [2.05, 4.69) is 5.32 Å². The van der Waals surface area contributed by atoms with Gasteiger partial charge in [0.2, 0.25) is 5.91 Å². The number of hydrogen-bond acceptors (Lipinski definition) is 4. The van der Waals surface area contributed by atoms with Gasteiger partial charge in [-0.25, -0.2) is 13.2 Å². The lowest BCUT2D eigenvalue weighted by molar-refractivity contribution is -0.139. The third kappa shape index (κ3) is 9.16. The summed E-state index contributed by atoms with van der Waals surface area (Å²) in [6.45, 7) is 2.55. The molecule has 0 radical (unpaired) electrons. The highest BCUT2D eigenvalue weighted by Gasteiger charge is 2.37. The monoisotopic (exact) mass is 745 g/mol. The summed E-state index contributed by atoms with van der Waals surface area (Å²) in [7, 11) is 0. The maximum absolute atomic E-state index is 16.5. The van der Waals surface area contributed by atoms with Gasteiger partial charge in [-0.15, -0.1) is 0 Å². The Bertz CT molecular complexity index is 1900. The first-order chi connectivity index (χ1) is 25.2. The summed E-state index contributed by atoms with van der Waals surface area (Å²) in [6, 6.07) is 3.91. The third-order valence-electron chi connectivity index (χ3n) is 10.8. The van der Waals surface area contributed by atoms with Crippen molar-refractivity contribution < 1.29 is 41.0 Å². The summed E-state index contributed by atoms with van der Waals surface area (Å²) >= 11 is 0. The Hall–Kier alpha value is -4.13. The molecule has 3 aromatic rings. The number of rotatable bonds is 8. The van der Waals surface area contributed by atoms with E-state index in [0.29, 0.717) is 48.6 Å². The molecule has 2 bridgehead atoms. The van der Waals surface area contributed by atoms with Crippen molar-refractivity contribution in [1.29, 1.82) is 0 Å². The number of aliphatic carboxylic acids is 1. The van der Waals surface area contributed by atoms with Gasteiger partial charge in [-0.2, -0.15) is 13.2 Å². The van der Waals surface area contributed by atoms with Crippen LogP contribution in [-0.2, 0) is 28.6 Å². The predicted octanol–water partition coefficient (Wildman–Crippen LogP) is 8.35. The second kappa shape index (κ2) is 16.1. The molecule has 2 atom stereocenters. The number of fused-ring (bicyclic) bond motifs is 4. The molecule has 3 aliphatic rings. The summed E-state index contributed by atoms with van der Waals surface area (Å²) < 4.78 is 88.0. The number of pyridine rings is 1. The molecule has 6 rings (SSSR count). The van der Waals surface area contributed by atoms with Gasteiger partial charge in [-0.05, 0) is 122 Å². The highest BCUT2D eigenvalue weighted by atomic mass is 19.4. The number of hydrogen-bond donors (Lipinski definition) is 2. The number of benzene rings is 2. The molecule has 7 nitrogen and oxygen atoms in total. The van der Waals surface area contributed by atoms with Gasteiger partial charge in [0.15, 0.2) is 0 Å². The van der Waals surface area contributed by atoms with Crippen LogP contribution in [0.15, 0.2) is 41.3 Å². The number of carbonyl (C=O) groups is 2. The van der Waals surface area contributed by atoms with Crippen molar-refractivity contribution >= 4 is 11.9 Å². The van der Waals surface area contributed by atoms with Crippen LogP contribution >= 0.6 is 0 Å². The second-order valence-corrected chi connectivity index (χ2v) is 14.9. The molecule has 1 aliphatic carbocycles. The van der Waals surface area contributed by atoms with E-state index in [0.717, 1.165) is 54.0 Å². The molecule has 1 saturated carbocycles. The minimum absolute atomic E-state index is 0.0606. The molecule has 0 unspecified atom stereocenters. The lowest BCUT2D eigenvalue weighted by atomic mass is 9.87. The molecule has 286 valence electrons. The fraction of sp³-hybridized carbons (Fsp3) is 0.525. The molecule has 2 aliphatic heterocycles. The quantitative estimate of drug-likeness (QED) is 0.226. The lowest BCUT2D eigenvalue weighted by Gasteiger charge is -2.34. The number of nitrogens with zero attached hydrogens (tertiary/aromatic N) is 2. The van der Waals surface area contributed by atoms with Gasteiger partial charge in [-0.1, -0.05) is 25.7 Å². The maximum atomic E-state index is 16.5. The summed E-state index contributed by atoms with van der Waals surface area (Å²) in [6.07, 6.45) is 0.0907. The largest absolute Gasteiger partial charge is 0.481 e. The molecule has 2 fully saturated rings. The first-order valence-electron chi connectivity index (χ1n) is 18.5. The van der Waals surface area contributed by atoms with Crippen molar-refractivity contribution in [2.24, 2.45) is 0 Å². The number of likely N-dealkylation sites (tertiary alicyclic amines) is 1. The van der Waals surface area contributed by atoms with Crippen LogP contribution in [-0.4, -0.2) is 52.3 Å². The molecular formula is C40H45F6N3O4. The Balaban J connectivity index is 1.42. The molecule has 3 heterocycles. The zero-order valence-corrected chi connectivity index (χ0v) is 29.7. The Labute approximate surface area is 304 Å². The Morgan fingerprint density at radius 1 is 0.943 bits per heavy atom. The lowest BCUT2D eigenvalue weighted by Crippen LogP contribution is -2.48. The summed E-state index contributed by atoms with van der Waals surface area (Å²) in [4.78, 5) is 41.7. The van der Waals surface area contributed by atoms with Gasteiger partial charge in [0, 0.05) is 30.9 Å². The Morgan fingerprint density at radius 3 is 2.32 bits per heavy atom. The van der Waals surface area contributed by atoms with Gasteiger partial charge in [0.25, 0.3) is 5.56 Å². The van der Waals surface area contributed by atoms with E-state index >= 15 is 4.39 Å². The highest BCUT2D eigenvalue weighted by molar-refractivity contribution is 5.82. The molecule has 2 aromatic carbocycles. The minimum Gasteiger partial charge on any atom is -0.481 e. The van der Waals surface area contributed by atoms with Crippen molar-refractivity contribution in [3.8, 4) is 11.1 Å². The number of alkyl halides is 4. The number of carboxylic acid groups (broad SMARTS) is 1. The van der Waals surface area contributed by atoms with E-state index in [9.17, 15) is 41.4 Å². The molecule has 53 heavy (non-hydrogen) atoms. The summed E-state index contributed by atoms with van der Waals surface area (Å²) in [5, 5.41) is 12.7. The van der Waals surface area contributed by atoms with Crippen LogP contribution in [0.25, 0.3) is 11.1 Å². The van der Waals surface area contributed by atoms with E-state index in [4.69, 9.17) is 0 Å².